The van der Waals surface area contributed by atoms with E-state index in [2.05, 4.69) is 10.6 Å². The number of benzene rings is 3. The molecule has 2 N–H and O–H groups in total. The first-order chi connectivity index (χ1) is 19.4. The number of fused-ring (bicyclic) bond motifs is 1. The quantitative estimate of drug-likeness (QED) is 0.333. The summed E-state index contributed by atoms with van der Waals surface area (Å²) >= 11 is 0. The summed E-state index contributed by atoms with van der Waals surface area (Å²) in [5.41, 5.74) is 5.31. The summed E-state index contributed by atoms with van der Waals surface area (Å²) in [7, 11) is 6.40. The lowest BCUT2D eigenvalue weighted by Gasteiger charge is -2.30. The van der Waals surface area contributed by atoms with Crippen LogP contribution in [0.25, 0.3) is 0 Å². The number of ether oxygens (including phenoxy) is 5. The number of para-hydroxylation sites is 2. The van der Waals surface area contributed by atoms with Gasteiger partial charge in [0.25, 0.3) is 0 Å². The second-order valence-corrected chi connectivity index (χ2v) is 10.2. The van der Waals surface area contributed by atoms with Crippen LogP contribution in [0.15, 0.2) is 65.9 Å². The van der Waals surface area contributed by atoms with Crippen molar-refractivity contribution in [3.8, 4) is 28.7 Å². The van der Waals surface area contributed by atoms with Crippen molar-refractivity contribution in [2.45, 2.75) is 44.8 Å². The van der Waals surface area contributed by atoms with E-state index in [0.717, 1.165) is 33.8 Å². The van der Waals surface area contributed by atoms with E-state index in [4.69, 9.17) is 23.7 Å². The van der Waals surface area contributed by atoms with Gasteiger partial charge in [-0.3, -0.25) is 4.79 Å². The van der Waals surface area contributed by atoms with E-state index in [9.17, 15) is 4.79 Å². The van der Waals surface area contributed by atoms with Gasteiger partial charge < -0.3 is 34.3 Å². The average molecular weight is 545 g/mol. The molecule has 2 aliphatic rings. The van der Waals surface area contributed by atoms with Crippen LogP contribution in [0.5, 0.6) is 28.7 Å². The highest BCUT2D eigenvalue weighted by molar-refractivity contribution is 6.01. The van der Waals surface area contributed by atoms with Gasteiger partial charge >= 0.3 is 0 Å². The molecule has 8 nitrogen and oxygen atoms in total. The van der Waals surface area contributed by atoms with Gasteiger partial charge in [-0.15, -0.1) is 0 Å². The summed E-state index contributed by atoms with van der Waals surface area (Å²) in [6.07, 6.45) is 0.991. The first-order valence-corrected chi connectivity index (χ1v) is 13.4. The number of anilines is 2. The molecule has 1 heterocycles. The fourth-order valence-electron chi connectivity index (χ4n) is 5.53. The standard InChI is InChI=1S/C32H36N2O6/c1-18(2)40-26-12-11-19(15-27(26)36-3)31-30-24(33-22-9-7-8-10-23(22)34-31)13-20(14-25(30)35)21-16-28(37-4)32(39-6)29(17-21)38-5/h7-12,15-18,20,31,33-34H,13-14H2,1-6H3. The summed E-state index contributed by atoms with van der Waals surface area (Å²) in [4.78, 5) is 14.0. The number of methoxy groups -OCH3 is 4. The number of hydrogen-bond acceptors (Lipinski definition) is 8. The molecule has 2 unspecified atom stereocenters. The van der Waals surface area contributed by atoms with Gasteiger partial charge in [0.2, 0.25) is 5.75 Å². The Labute approximate surface area is 235 Å². The van der Waals surface area contributed by atoms with Gasteiger partial charge in [0.05, 0.1) is 52.0 Å². The highest BCUT2D eigenvalue weighted by atomic mass is 16.5. The molecule has 8 heteroatoms. The molecule has 1 aliphatic heterocycles. The normalized spacial score (nSPS) is 18.1. The van der Waals surface area contributed by atoms with E-state index < -0.39 is 0 Å². The number of allylic oxidation sites excluding steroid dienone is 1. The molecule has 1 aliphatic carbocycles. The van der Waals surface area contributed by atoms with Crippen LogP contribution in [-0.4, -0.2) is 40.3 Å². The van der Waals surface area contributed by atoms with E-state index in [0.29, 0.717) is 41.6 Å². The minimum absolute atomic E-state index is 0.00759. The van der Waals surface area contributed by atoms with Gasteiger partial charge in [-0.1, -0.05) is 18.2 Å². The summed E-state index contributed by atoms with van der Waals surface area (Å²) in [5, 5.41) is 7.22. The molecule has 0 saturated carbocycles. The van der Waals surface area contributed by atoms with Gasteiger partial charge in [-0.2, -0.15) is 0 Å². The largest absolute Gasteiger partial charge is 0.493 e. The first kappa shape index (κ1) is 27.2. The molecular weight excluding hydrogens is 508 g/mol. The lowest BCUT2D eigenvalue weighted by molar-refractivity contribution is -0.116. The molecule has 0 aromatic heterocycles. The lowest BCUT2D eigenvalue weighted by atomic mass is 9.78. The second-order valence-electron chi connectivity index (χ2n) is 10.2. The number of carbonyl (C=O) groups is 1. The van der Waals surface area contributed by atoms with E-state index in [1.807, 2.05) is 68.4 Å². The summed E-state index contributed by atoms with van der Waals surface area (Å²) in [5.74, 6) is 2.95. The van der Waals surface area contributed by atoms with Crippen molar-refractivity contribution in [3.05, 3.63) is 77.0 Å². The van der Waals surface area contributed by atoms with Crippen LogP contribution in [0.3, 0.4) is 0 Å². The molecular formula is C32H36N2O6. The van der Waals surface area contributed by atoms with E-state index in [1.54, 1.807) is 28.4 Å². The molecule has 0 amide bonds. The van der Waals surface area contributed by atoms with Crippen molar-refractivity contribution in [2.75, 3.05) is 39.1 Å². The summed E-state index contributed by atoms with van der Waals surface area (Å²) < 4.78 is 28.3. The summed E-state index contributed by atoms with van der Waals surface area (Å²) in [6.45, 7) is 3.95. The lowest BCUT2D eigenvalue weighted by Crippen LogP contribution is -2.27. The van der Waals surface area contributed by atoms with Gasteiger partial charge in [0.1, 0.15) is 0 Å². The molecule has 3 aromatic rings. The van der Waals surface area contributed by atoms with E-state index >= 15 is 0 Å². The third-order valence-corrected chi connectivity index (χ3v) is 7.35. The van der Waals surface area contributed by atoms with Gasteiger partial charge in [0.15, 0.2) is 28.8 Å². The third-order valence-electron chi connectivity index (χ3n) is 7.35. The van der Waals surface area contributed by atoms with Crippen molar-refractivity contribution < 1.29 is 28.5 Å². The SMILES string of the molecule is COc1cc(C2Nc3ccccc3NC3=C2C(=O)CC(c2cc(OC)c(OC)c(OC)c2)C3)ccc1OC(C)C. The topological polar surface area (TPSA) is 87.3 Å². The van der Waals surface area contributed by atoms with Crippen molar-refractivity contribution in [1.29, 1.82) is 0 Å². The zero-order chi connectivity index (χ0) is 28.4. The molecule has 210 valence electrons. The highest BCUT2D eigenvalue weighted by Gasteiger charge is 2.37. The Morgan fingerprint density at radius 1 is 0.750 bits per heavy atom. The molecule has 5 rings (SSSR count). The van der Waals surface area contributed by atoms with Gasteiger partial charge in [0, 0.05) is 17.7 Å². The monoisotopic (exact) mass is 544 g/mol. The third kappa shape index (κ3) is 5.13. The molecule has 2 atom stereocenters. The Bertz CT molecular complexity index is 1420. The molecule has 3 aromatic carbocycles. The number of carbonyl (C=O) groups excluding carboxylic acids is 1. The van der Waals surface area contributed by atoms with Gasteiger partial charge in [-0.05, 0) is 73.7 Å². The Hall–Kier alpha value is -4.33. The van der Waals surface area contributed by atoms with E-state index in [1.165, 1.54) is 0 Å². The van der Waals surface area contributed by atoms with Crippen LogP contribution in [0.2, 0.25) is 0 Å². The molecule has 0 bridgehead atoms. The molecule has 0 spiro atoms. The fraction of sp³-hybridized carbons (Fsp3) is 0.344. The van der Waals surface area contributed by atoms with Crippen LogP contribution < -0.4 is 34.3 Å². The van der Waals surface area contributed by atoms with E-state index in [-0.39, 0.29) is 23.8 Å². The number of ketones is 1. The van der Waals surface area contributed by atoms with Crippen molar-refractivity contribution in [3.63, 3.8) is 0 Å². The van der Waals surface area contributed by atoms with Crippen molar-refractivity contribution in [2.24, 2.45) is 0 Å². The minimum atomic E-state index is -0.374. The van der Waals surface area contributed by atoms with Crippen LogP contribution in [0.4, 0.5) is 11.4 Å². The predicted octanol–water partition coefficient (Wildman–Crippen LogP) is 6.49. The Kier molecular flexibility index (Phi) is 7.78. The zero-order valence-corrected chi connectivity index (χ0v) is 23.8. The average Bonchev–Trinajstić information content (AvgIpc) is 3.13. The second kappa shape index (κ2) is 11.4. The van der Waals surface area contributed by atoms with Crippen LogP contribution in [0.1, 0.15) is 49.8 Å². The highest BCUT2D eigenvalue weighted by Crippen LogP contribution is 2.47. The smallest absolute Gasteiger partial charge is 0.203 e. The molecule has 0 radical (unpaired) electrons. The Balaban J connectivity index is 1.59. The van der Waals surface area contributed by atoms with Gasteiger partial charge in [-0.25, -0.2) is 0 Å². The number of hydrogen-bond donors (Lipinski definition) is 2. The maximum atomic E-state index is 14.0. The fourth-order valence-corrected chi connectivity index (χ4v) is 5.53. The summed E-state index contributed by atoms with van der Waals surface area (Å²) in [6, 6.07) is 17.3. The molecule has 0 fully saturated rings. The Morgan fingerprint density at radius 2 is 1.40 bits per heavy atom. The molecule has 0 saturated heterocycles. The Morgan fingerprint density at radius 3 is 2.02 bits per heavy atom. The van der Waals surface area contributed by atoms with Crippen LogP contribution >= 0.6 is 0 Å². The number of nitrogens with one attached hydrogen (secondary N) is 2. The maximum Gasteiger partial charge on any atom is 0.203 e. The van der Waals surface area contributed by atoms with Crippen LogP contribution in [0, 0.1) is 0 Å². The number of Topliss-reactive ketones (excluding diaryl/α,β-unsaturated/α-hetero) is 1. The molecule has 40 heavy (non-hydrogen) atoms. The predicted molar refractivity (Wildman–Crippen MR) is 155 cm³/mol. The number of rotatable bonds is 8. The van der Waals surface area contributed by atoms with Crippen molar-refractivity contribution in [1.82, 2.24) is 0 Å². The maximum absolute atomic E-state index is 14.0. The first-order valence-electron chi connectivity index (χ1n) is 13.4. The zero-order valence-electron chi connectivity index (χ0n) is 23.8. The minimum Gasteiger partial charge on any atom is -0.493 e. The van der Waals surface area contributed by atoms with Crippen LogP contribution in [-0.2, 0) is 4.79 Å². The van der Waals surface area contributed by atoms with Crippen molar-refractivity contribution >= 4 is 17.2 Å².